The smallest absolute Gasteiger partial charge is 0.223 e. The van der Waals surface area contributed by atoms with Crippen LogP contribution in [-0.2, 0) is 11.2 Å². The summed E-state index contributed by atoms with van der Waals surface area (Å²) in [7, 11) is 1.66. The quantitative estimate of drug-likeness (QED) is 0.509. The summed E-state index contributed by atoms with van der Waals surface area (Å²) in [5.41, 5.74) is 3.94. The molecule has 0 atom stereocenters. The molecule has 1 N–H and O–H groups in total. The SMILES string of the molecule is COc1ccc(-c2cnc(N3CCN(C(=O)CCc4ccc[nH]4)CC3)c3nccn23)cc1. The van der Waals surface area contributed by atoms with E-state index in [-0.39, 0.29) is 5.91 Å². The third-order valence-corrected chi connectivity index (χ3v) is 6.00. The highest BCUT2D eigenvalue weighted by atomic mass is 16.5. The van der Waals surface area contributed by atoms with Gasteiger partial charge >= 0.3 is 0 Å². The van der Waals surface area contributed by atoms with E-state index in [0.717, 1.165) is 53.7 Å². The molecule has 4 aromatic rings. The molecule has 32 heavy (non-hydrogen) atoms. The maximum absolute atomic E-state index is 12.6. The average molecular weight is 431 g/mol. The first kappa shape index (κ1) is 20.1. The van der Waals surface area contributed by atoms with Crippen molar-refractivity contribution in [2.24, 2.45) is 0 Å². The number of carbonyl (C=O) groups excluding carboxylic acids is 1. The summed E-state index contributed by atoms with van der Waals surface area (Å²) >= 11 is 0. The van der Waals surface area contributed by atoms with Gasteiger partial charge < -0.3 is 19.5 Å². The summed E-state index contributed by atoms with van der Waals surface area (Å²) in [6.45, 7) is 2.87. The van der Waals surface area contributed by atoms with E-state index in [0.29, 0.717) is 19.5 Å². The van der Waals surface area contributed by atoms with E-state index >= 15 is 0 Å². The van der Waals surface area contributed by atoms with Crippen LogP contribution < -0.4 is 9.64 Å². The van der Waals surface area contributed by atoms with Crippen molar-refractivity contribution in [3.8, 4) is 17.0 Å². The predicted molar refractivity (Wildman–Crippen MR) is 123 cm³/mol. The van der Waals surface area contributed by atoms with Gasteiger partial charge in [0, 0.05) is 62.4 Å². The number of methoxy groups -OCH3 is 1. The predicted octanol–water partition coefficient (Wildman–Crippen LogP) is 3.01. The Bertz CT molecular complexity index is 1190. The summed E-state index contributed by atoms with van der Waals surface area (Å²) in [6, 6.07) is 11.9. The lowest BCUT2D eigenvalue weighted by molar-refractivity contribution is -0.131. The van der Waals surface area contributed by atoms with Gasteiger partial charge in [0.05, 0.1) is 19.0 Å². The highest BCUT2D eigenvalue weighted by Gasteiger charge is 2.24. The Morgan fingerprint density at radius 3 is 2.62 bits per heavy atom. The van der Waals surface area contributed by atoms with Gasteiger partial charge in [0.15, 0.2) is 11.5 Å². The van der Waals surface area contributed by atoms with Crippen LogP contribution in [0.2, 0.25) is 0 Å². The Hall–Kier alpha value is -3.81. The van der Waals surface area contributed by atoms with Gasteiger partial charge in [-0.15, -0.1) is 0 Å². The van der Waals surface area contributed by atoms with E-state index < -0.39 is 0 Å². The van der Waals surface area contributed by atoms with Crippen LogP contribution in [0.3, 0.4) is 0 Å². The summed E-state index contributed by atoms with van der Waals surface area (Å²) in [5, 5.41) is 0. The number of anilines is 1. The molecule has 8 heteroatoms. The van der Waals surface area contributed by atoms with Crippen molar-refractivity contribution in [2.75, 3.05) is 38.2 Å². The van der Waals surface area contributed by atoms with Gasteiger partial charge in [-0.1, -0.05) is 0 Å². The molecule has 1 fully saturated rings. The fourth-order valence-electron chi connectivity index (χ4n) is 4.19. The zero-order chi connectivity index (χ0) is 21.9. The van der Waals surface area contributed by atoms with Crippen LogP contribution in [0.5, 0.6) is 5.75 Å². The van der Waals surface area contributed by atoms with Gasteiger partial charge in [-0.3, -0.25) is 9.20 Å². The molecule has 8 nitrogen and oxygen atoms in total. The summed E-state index contributed by atoms with van der Waals surface area (Å²) < 4.78 is 7.33. The second kappa shape index (κ2) is 8.74. The largest absolute Gasteiger partial charge is 0.497 e. The molecule has 0 bridgehead atoms. The van der Waals surface area contributed by atoms with E-state index in [2.05, 4.69) is 19.3 Å². The number of hydrogen-bond acceptors (Lipinski definition) is 5. The van der Waals surface area contributed by atoms with Crippen LogP contribution in [0, 0.1) is 0 Å². The zero-order valence-electron chi connectivity index (χ0n) is 18.1. The number of aromatic nitrogens is 4. The molecule has 5 rings (SSSR count). The normalized spacial score (nSPS) is 14.2. The van der Waals surface area contributed by atoms with Crippen LogP contribution in [0.15, 0.2) is 61.2 Å². The lowest BCUT2D eigenvalue weighted by Crippen LogP contribution is -2.49. The number of H-pyrrole nitrogens is 1. The number of nitrogens with zero attached hydrogens (tertiary/aromatic N) is 5. The van der Waals surface area contributed by atoms with E-state index in [1.165, 1.54) is 0 Å². The van der Waals surface area contributed by atoms with Gasteiger partial charge in [0.1, 0.15) is 5.75 Å². The Labute approximate surface area is 186 Å². The number of carbonyl (C=O) groups is 1. The van der Waals surface area contributed by atoms with Crippen molar-refractivity contribution in [1.29, 1.82) is 0 Å². The van der Waals surface area contributed by atoms with E-state index in [9.17, 15) is 4.79 Å². The van der Waals surface area contributed by atoms with Crippen molar-refractivity contribution in [2.45, 2.75) is 12.8 Å². The van der Waals surface area contributed by atoms with Crippen molar-refractivity contribution >= 4 is 17.4 Å². The first-order valence-corrected chi connectivity index (χ1v) is 10.8. The summed E-state index contributed by atoms with van der Waals surface area (Å²) in [4.78, 5) is 29.3. The molecule has 164 valence electrons. The van der Waals surface area contributed by atoms with Crippen LogP contribution in [0.1, 0.15) is 12.1 Å². The zero-order valence-corrected chi connectivity index (χ0v) is 18.1. The molecule has 4 heterocycles. The molecule has 0 aliphatic carbocycles. The molecule has 0 unspecified atom stereocenters. The standard InChI is InChI=1S/C24H26N6O2/c1-32-20-7-4-18(5-8-20)21-17-27-23(24-26-11-12-30(21)24)29-15-13-28(14-16-29)22(31)9-6-19-3-2-10-25-19/h2-5,7-8,10-12,17,25H,6,9,13-16H2,1H3. The maximum atomic E-state index is 12.6. The molecule has 0 saturated carbocycles. The number of ether oxygens (including phenoxy) is 1. The minimum Gasteiger partial charge on any atom is -0.497 e. The van der Waals surface area contributed by atoms with Crippen LogP contribution in [0.25, 0.3) is 16.9 Å². The monoisotopic (exact) mass is 430 g/mol. The minimum atomic E-state index is 0.202. The highest BCUT2D eigenvalue weighted by Crippen LogP contribution is 2.27. The van der Waals surface area contributed by atoms with Gasteiger partial charge in [-0.05, 0) is 42.8 Å². The van der Waals surface area contributed by atoms with Crippen molar-refractivity contribution < 1.29 is 9.53 Å². The van der Waals surface area contributed by atoms with Gasteiger partial charge in [0.2, 0.25) is 5.91 Å². The fraction of sp³-hybridized carbons (Fsp3) is 0.292. The second-order valence-electron chi connectivity index (χ2n) is 7.88. The second-order valence-corrected chi connectivity index (χ2v) is 7.88. The lowest BCUT2D eigenvalue weighted by Gasteiger charge is -2.35. The minimum absolute atomic E-state index is 0.202. The van der Waals surface area contributed by atoms with Crippen molar-refractivity contribution in [3.05, 3.63) is 66.9 Å². The number of aryl methyl sites for hydroxylation is 1. The molecule has 0 spiro atoms. The lowest BCUT2D eigenvalue weighted by atomic mass is 10.1. The molecule has 1 aromatic carbocycles. The molecular weight excluding hydrogens is 404 g/mol. The number of nitrogens with one attached hydrogen (secondary N) is 1. The van der Waals surface area contributed by atoms with Gasteiger partial charge in [-0.2, -0.15) is 0 Å². The van der Waals surface area contributed by atoms with Crippen LogP contribution in [0.4, 0.5) is 5.82 Å². The number of piperazine rings is 1. The topological polar surface area (TPSA) is 78.8 Å². The van der Waals surface area contributed by atoms with Crippen molar-refractivity contribution in [1.82, 2.24) is 24.3 Å². The fourth-order valence-corrected chi connectivity index (χ4v) is 4.19. The molecule has 1 aliphatic rings. The van der Waals surface area contributed by atoms with E-state index in [4.69, 9.17) is 9.72 Å². The molecular formula is C24H26N6O2. The van der Waals surface area contributed by atoms with E-state index in [1.807, 2.05) is 59.9 Å². The Balaban J connectivity index is 1.28. The van der Waals surface area contributed by atoms with Crippen molar-refractivity contribution in [3.63, 3.8) is 0 Å². The first-order chi connectivity index (χ1) is 15.7. The number of fused-ring (bicyclic) bond motifs is 1. The number of aromatic amines is 1. The maximum Gasteiger partial charge on any atom is 0.223 e. The first-order valence-electron chi connectivity index (χ1n) is 10.8. The number of amides is 1. The third-order valence-electron chi connectivity index (χ3n) is 6.00. The van der Waals surface area contributed by atoms with Crippen LogP contribution in [-0.4, -0.2) is 63.4 Å². The molecule has 1 saturated heterocycles. The molecule has 1 aliphatic heterocycles. The van der Waals surface area contributed by atoms with Crippen LogP contribution >= 0.6 is 0 Å². The van der Waals surface area contributed by atoms with Gasteiger partial charge in [-0.25, -0.2) is 9.97 Å². The number of imidazole rings is 1. The Kier molecular flexibility index (Phi) is 5.49. The summed E-state index contributed by atoms with van der Waals surface area (Å²) in [5.74, 6) is 1.87. The Morgan fingerprint density at radius 2 is 1.91 bits per heavy atom. The number of benzene rings is 1. The molecule has 0 radical (unpaired) electrons. The third kappa shape index (κ3) is 3.91. The molecule has 1 amide bonds. The summed E-state index contributed by atoms with van der Waals surface area (Å²) in [6.07, 6.45) is 8.81. The van der Waals surface area contributed by atoms with Gasteiger partial charge in [0.25, 0.3) is 0 Å². The Morgan fingerprint density at radius 1 is 1.09 bits per heavy atom. The van der Waals surface area contributed by atoms with E-state index in [1.54, 1.807) is 13.3 Å². The highest BCUT2D eigenvalue weighted by molar-refractivity contribution is 5.77. The number of hydrogen-bond donors (Lipinski definition) is 1. The average Bonchev–Trinajstić information content (AvgIpc) is 3.55. The molecule has 3 aromatic heterocycles. The number of rotatable bonds is 6.